The summed E-state index contributed by atoms with van der Waals surface area (Å²) in [5.41, 5.74) is -0.143. The Morgan fingerprint density at radius 2 is 1.97 bits per heavy atom. The predicted octanol–water partition coefficient (Wildman–Crippen LogP) is 3.95. The van der Waals surface area contributed by atoms with Crippen molar-refractivity contribution in [2.75, 3.05) is 26.8 Å². The van der Waals surface area contributed by atoms with Crippen LogP contribution in [0.2, 0.25) is 5.02 Å². The van der Waals surface area contributed by atoms with Crippen molar-refractivity contribution in [1.82, 2.24) is 4.31 Å². The lowest BCUT2D eigenvalue weighted by molar-refractivity contribution is 0.0473. The molecule has 10 heteroatoms. The van der Waals surface area contributed by atoms with E-state index in [0.29, 0.717) is 13.1 Å². The third kappa shape index (κ3) is 5.28. The number of nitrogens with zero attached hydrogens (tertiary/aromatic N) is 1. The molecule has 0 amide bonds. The van der Waals surface area contributed by atoms with Crippen molar-refractivity contribution in [3.05, 3.63) is 58.4 Å². The van der Waals surface area contributed by atoms with Gasteiger partial charge in [-0.2, -0.15) is 4.31 Å². The summed E-state index contributed by atoms with van der Waals surface area (Å²) < 4.78 is 51.1. The Balaban J connectivity index is 1.77. The number of esters is 1. The number of hydrogen-bond donors (Lipinski definition) is 0. The van der Waals surface area contributed by atoms with Crippen molar-refractivity contribution in [2.24, 2.45) is 5.92 Å². The van der Waals surface area contributed by atoms with Gasteiger partial charge in [-0.25, -0.2) is 17.6 Å². The molecular formula is C22H23ClFNO6S. The highest BCUT2D eigenvalue weighted by molar-refractivity contribution is 7.89. The lowest BCUT2D eigenvalue weighted by Crippen LogP contribution is -2.39. The Morgan fingerprint density at radius 3 is 2.66 bits per heavy atom. The largest absolute Gasteiger partial charge is 0.496 e. The molecule has 1 unspecified atom stereocenters. The SMILES string of the molecule is COc1ccc(F)cc1C(=O)COC(=O)c1ccc(Cl)c(S(=O)(=O)N2CCCC(C)C2)c1. The fourth-order valence-corrected chi connectivity index (χ4v) is 5.62. The maximum atomic E-state index is 13.5. The van der Waals surface area contributed by atoms with E-state index in [1.807, 2.05) is 6.92 Å². The van der Waals surface area contributed by atoms with Crippen LogP contribution >= 0.6 is 11.6 Å². The van der Waals surface area contributed by atoms with Crippen molar-refractivity contribution in [3.63, 3.8) is 0 Å². The van der Waals surface area contributed by atoms with E-state index >= 15 is 0 Å². The first-order valence-corrected chi connectivity index (χ1v) is 11.8. The van der Waals surface area contributed by atoms with Gasteiger partial charge in [-0.1, -0.05) is 18.5 Å². The number of ketones is 1. The van der Waals surface area contributed by atoms with Gasteiger partial charge in [-0.15, -0.1) is 0 Å². The Labute approximate surface area is 191 Å². The van der Waals surface area contributed by atoms with E-state index in [0.717, 1.165) is 31.0 Å². The first-order chi connectivity index (χ1) is 15.1. The minimum Gasteiger partial charge on any atom is -0.496 e. The molecule has 2 aromatic carbocycles. The highest BCUT2D eigenvalue weighted by atomic mass is 35.5. The van der Waals surface area contributed by atoms with Crippen molar-refractivity contribution < 1.29 is 31.9 Å². The number of carbonyl (C=O) groups excluding carboxylic acids is 2. The Hall–Kier alpha value is -2.49. The van der Waals surface area contributed by atoms with Gasteiger partial charge in [-0.05, 0) is 55.2 Å². The second-order valence-corrected chi connectivity index (χ2v) is 9.91. The molecular weight excluding hydrogens is 461 g/mol. The number of benzene rings is 2. The topological polar surface area (TPSA) is 90.0 Å². The van der Waals surface area contributed by atoms with Gasteiger partial charge in [0.15, 0.2) is 6.61 Å². The zero-order valence-corrected chi connectivity index (χ0v) is 19.2. The van der Waals surface area contributed by atoms with Crippen LogP contribution in [0.25, 0.3) is 0 Å². The predicted molar refractivity (Wildman–Crippen MR) is 116 cm³/mol. The number of halogens is 2. The standard InChI is InChI=1S/C22H23ClFNO6S/c1-14-4-3-9-25(12-14)32(28,29)21-10-15(5-7-18(21)23)22(27)31-13-19(26)17-11-16(24)6-8-20(17)30-2/h5-8,10-11,14H,3-4,9,12-13H2,1-2H3. The van der Waals surface area contributed by atoms with Crippen LogP contribution in [-0.2, 0) is 14.8 Å². The van der Waals surface area contributed by atoms with Gasteiger partial charge in [0, 0.05) is 13.1 Å². The molecule has 1 aliphatic rings. The molecule has 1 saturated heterocycles. The molecule has 0 aliphatic carbocycles. The summed E-state index contributed by atoms with van der Waals surface area (Å²) in [4.78, 5) is 24.7. The van der Waals surface area contributed by atoms with Gasteiger partial charge in [-0.3, -0.25) is 4.79 Å². The van der Waals surface area contributed by atoms with Crippen LogP contribution in [0.15, 0.2) is 41.3 Å². The smallest absolute Gasteiger partial charge is 0.338 e. The van der Waals surface area contributed by atoms with Gasteiger partial charge in [0.05, 0.1) is 23.3 Å². The third-order valence-corrected chi connectivity index (χ3v) is 7.55. The Morgan fingerprint density at radius 1 is 1.22 bits per heavy atom. The number of ether oxygens (including phenoxy) is 2. The molecule has 0 aromatic heterocycles. The van der Waals surface area contributed by atoms with Crippen LogP contribution in [0, 0.1) is 11.7 Å². The maximum Gasteiger partial charge on any atom is 0.338 e. The number of sulfonamides is 1. The lowest BCUT2D eigenvalue weighted by atomic mass is 10.0. The fraction of sp³-hybridized carbons (Fsp3) is 0.364. The van der Waals surface area contributed by atoms with E-state index < -0.39 is 34.2 Å². The third-order valence-electron chi connectivity index (χ3n) is 5.20. The highest BCUT2D eigenvalue weighted by Crippen LogP contribution is 2.29. The van der Waals surface area contributed by atoms with Crippen molar-refractivity contribution in [1.29, 1.82) is 0 Å². The maximum absolute atomic E-state index is 13.5. The second-order valence-electron chi connectivity index (χ2n) is 7.60. The van der Waals surface area contributed by atoms with E-state index in [-0.39, 0.29) is 32.7 Å². The molecule has 0 radical (unpaired) electrons. The first kappa shape index (κ1) is 24.2. The van der Waals surface area contributed by atoms with E-state index in [2.05, 4.69) is 0 Å². The molecule has 0 N–H and O–H groups in total. The molecule has 0 spiro atoms. The fourth-order valence-electron chi connectivity index (χ4n) is 3.52. The lowest BCUT2D eigenvalue weighted by Gasteiger charge is -2.30. The summed E-state index contributed by atoms with van der Waals surface area (Å²) in [7, 11) is -2.57. The molecule has 32 heavy (non-hydrogen) atoms. The molecule has 172 valence electrons. The van der Waals surface area contributed by atoms with Crippen LogP contribution in [0.1, 0.15) is 40.5 Å². The first-order valence-electron chi connectivity index (χ1n) is 9.97. The van der Waals surface area contributed by atoms with Gasteiger partial charge in [0.2, 0.25) is 15.8 Å². The summed E-state index contributed by atoms with van der Waals surface area (Å²) in [6.45, 7) is 2.05. The quantitative estimate of drug-likeness (QED) is 0.437. The molecule has 0 saturated carbocycles. The van der Waals surface area contributed by atoms with E-state index in [9.17, 15) is 22.4 Å². The molecule has 7 nitrogen and oxygen atoms in total. The average Bonchev–Trinajstić information content (AvgIpc) is 2.77. The summed E-state index contributed by atoms with van der Waals surface area (Å²) in [6.07, 6.45) is 1.68. The number of Topliss-reactive ketones (excluding diaryl/α,β-unsaturated/α-hetero) is 1. The summed E-state index contributed by atoms with van der Waals surface area (Å²) in [5, 5.41) is -0.0136. The zero-order chi connectivity index (χ0) is 23.5. The minimum atomic E-state index is -3.90. The number of methoxy groups -OCH3 is 1. The molecule has 1 aliphatic heterocycles. The number of rotatable bonds is 7. The molecule has 0 bridgehead atoms. The molecule has 1 heterocycles. The van der Waals surface area contributed by atoms with E-state index in [4.69, 9.17) is 21.1 Å². The van der Waals surface area contributed by atoms with Crippen LogP contribution in [0.4, 0.5) is 4.39 Å². The van der Waals surface area contributed by atoms with Crippen LogP contribution in [0.5, 0.6) is 5.75 Å². The van der Waals surface area contributed by atoms with E-state index in [1.165, 1.54) is 29.6 Å². The van der Waals surface area contributed by atoms with Crippen LogP contribution in [-0.4, -0.2) is 51.3 Å². The zero-order valence-electron chi connectivity index (χ0n) is 17.6. The molecule has 2 aromatic rings. The molecule has 1 fully saturated rings. The number of piperidine rings is 1. The monoisotopic (exact) mass is 483 g/mol. The Bertz CT molecular complexity index is 1140. The summed E-state index contributed by atoms with van der Waals surface area (Å²) >= 11 is 6.14. The average molecular weight is 484 g/mol. The minimum absolute atomic E-state index is 0.0136. The Kier molecular flexibility index (Phi) is 7.53. The van der Waals surface area contributed by atoms with Gasteiger partial charge in [0.25, 0.3) is 0 Å². The van der Waals surface area contributed by atoms with Crippen LogP contribution < -0.4 is 4.74 Å². The van der Waals surface area contributed by atoms with E-state index in [1.54, 1.807) is 0 Å². The van der Waals surface area contributed by atoms with Crippen LogP contribution in [0.3, 0.4) is 0 Å². The number of carbonyl (C=O) groups is 2. The summed E-state index contributed by atoms with van der Waals surface area (Å²) in [5.74, 6) is -1.85. The second kappa shape index (κ2) is 9.97. The van der Waals surface area contributed by atoms with Crippen molar-refractivity contribution in [3.8, 4) is 5.75 Å². The van der Waals surface area contributed by atoms with Crippen molar-refractivity contribution >= 4 is 33.4 Å². The molecule has 3 rings (SSSR count). The van der Waals surface area contributed by atoms with Gasteiger partial charge >= 0.3 is 5.97 Å². The van der Waals surface area contributed by atoms with Crippen molar-refractivity contribution in [2.45, 2.75) is 24.7 Å². The normalized spacial score (nSPS) is 17.1. The number of hydrogen-bond acceptors (Lipinski definition) is 6. The molecule has 1 atom stereocenters. The highest BCUT2D eigenvalue weighted by Gasteiger charge is 2.31. The van der Waals surface area contributed by atoms with Gasteiger partial charge < -0.3 is 9.47 Å². The van der Waals surface area contributed by atoms with Gasteiger partial charge in [0.1, 0.15) is 16.5 Å². The summed E-state index contributed by atoms with van der Waals surface area (Å²) in [6, 6.07) is 7.18.